The average Bonchev–Trinajstić information content (AvgIpc) is 3.22. The summed E-state index contributed by atoms with van der Waals surface area (Å²) in [4.78, 5) is 41.6. The number of carbonyl (C=O) groups excluding carboxylic acids is 3. The number of phenolic OH excluding ortho intramolecular Hbond substituents is 1. The van der Waals surface area contributed by atoms with Gasteiger partial charge in [-0.05, 0) is 110 Å². The van der Waals surface area contributed by atoms with Crippen LogP contribution in [0.4, 0.5) is 5.69 Å². The normalized spacial score (nSPS) is 27.1. The van der Waals surface area contributed by atoms with Crippen LogP contribution in [-0.4, -0.2) is 62.5 Å². The van der Waals surface area contributed by atoms with Crippen molar-refractivity contribution in [1.29, 1.82) is 0 Å². The Morgan fingerprint density at radius 1 is 0.966 bits per heavy atom. The topological polar surface area (TPSA) is 163 Å². The third-order valence-corrected chi connectivity index (χ3v) is 12.7. The van der Waals surface area contributed by atoms with E-state index in [0.717, 1.165) is 16.7 Å². The Hall–Kier alpha value is -4.95. The highest BCUT2D eigenvalue weighted by Crippen LogP contribution is 2.47. The summed E-state index contributed by atoms with van der Waals surface area (Å²) in [7, 11) is 0. The number of anilines is 1. The Kier molecular flexibility index (Phi) is 13.0. The minimum atomic E-state index is -1.55. The largest absolute Gasteiger partial charge is 0.507 e. The van der Waals surface area contributed by atoms with Gasteiger partial charge in [0.15, 0.2) is 0 Å². The van der Waals surface area contributed by atoms with Crippen LogP contribution in [0.1, 0.15) is 123 Å². The van der Waals surface area contributed by atoms with Crippen molar-refractivity contribution >= 4 is 23.4 Å². The molecule has 312 valence electrons. The maximum absolute atomic E-state index is 14.9. The van der Waals surface area contributed by atoms with Crippen molar-refractivity contribution in [2.75, 3.05) is 11.9 Å². The molecule has 3 aromatic rings. The molecule has 4 aliphatic rings. The molecule has 3 aromatic carbocycles. The Balaban J connectivity index is 1.44. The number of esters is 2. The molecule has 1 fully saturated rings. The van der Waals surface area contributed by atoms with Gasteiger partial charge in [-0.3, -0.25) is 9.59 Å². The van der Waals surface area contributed by atoms with Crippen molar-refractivity contribution in [3.8, 4) is 23.3 Å². The number of aryl methyl sites for hydroxylation is 1. The zero-order chi connectivity index (χ0) is 41.8. The molecule has 7 rings (SSSR count). The van der Waals surface area contributed by atoms with Gasteiger partial charge in [0.25, 0.3) is 0 Å². The van der Waals surface area contributed by atoms with E-state index in [0.29, 0.717) is 91.3 Å². The van der Waals surface area contributed by atoms with Crippen LogP contribution in [0.25, 0.3) is 0 Å². The highest BCUT2D eigenvalue weighted by Gasteiger charge is 2.49. The lowest BCUT2D eigenvalue weighted by Gasteiger charge is -2.45. The van der Waals surface area contributed by atoms with Gasteiger partial charge in [0.2, 0.25) is 0 Å². The third kappa shape index (κ3) is 9.28. The summed E-state index contributed by atoms with van der Waals surface area (Å²) in [6, 6.07) is 15.6. The standard InChI is InChI=1S/C49H57NO9/c1-4-16-49(57)39-14-15-43(53)37(22-39)18-31-10-6-8-30(17-31)9-7-11-35-21-33(36-19-32(28-51)20-40(23-36)50-27-29(3)52)12-13-34-26-45(54)59-47-41(5-2)46(55)38(24-42(34)47)25-44(49)58-48(35)56/h6,8,10-11,17,19-20,23-24,29,33-34,37,39,44,50-52,55,57H,4-5,7,9,14-16,18,21-22,25-28H2,1-3H3/b35-11-/t29-,33-,34-,37-,39-,44+,49-/m0/s1. The number of ketones is 1. The molecule has 5 N–H and O–H groups in total. The molecule has 0 aromatic heterocycles. The Morgan fingerprint density at radius 2 is 1.76 bits per heavy atom. The number of allylic oxidation sites excluding steroid dienone is 1. The predicted octanol–water partition coefficient (Wildman–Crippen LogP) is 6.91. The van der Waals surface area contributed by atoms with Crippen LogP contribution in [0, 0.1) is 23.7 Å². The number of hydrogen-bond donors (Lipinski definition) is 5. The number of aliphatic hydroxyl groups excluding tert-OH is 2. The molecule has 0 saturated heterocycles. The predicted molar refractivity (Wildman–Crippen MR) is 224 cm³/mol. The van der Waals surface area contributed by atoms with E-state index in [1.165, 1.54) is 0 Å². The molecule has 10 nitrogen and oxygen atoms in total. The van der Waals surface area contributed by atoms with E-state index in [-0.39, 0.29) is 61.5 Å². The number of nitrogens with one attached hydrogen (secondary N) is 1. The number of Topliss-reactive ketones (excluding diaryl/α,β-unsaturated/α-hetero) is 1. The van der Waals surface area contributed by atoms with Crippen molar-refractivity contribution in [2.45, 2.75) is 134 Å². The molecule has 10 heteroatoms. The zero-order valence-electron chi connectivity index (χ0n) is 34.4. The first-order chi connectivity index (χ1) is 28.4. The second-order valence-corrected chi connectivity index (χ2v) is 17.0. The molecule has 1 aliphatic carbocycles. The van der Waals surface area contributed by atoms with Crippen LogP contribution < -0.4 is 10.1 Å². The summed E-state index contributed by atoms with van der Waals surface area (Å²) in [6.07, 6.45) is 4.38. The second-order valence-electron chi connectivity index (χ2n) is 17.0. The van der Waals surface area contributed by atoms with Crippen LogP contribution in [-0.2, 0) is 51.4 Å². The SMILES string of the molecule is CCC[C@]1(O)[C@H]2CCC(=O)[C@@H](Cc3cccc(c3)CC/C=C3/C[C@@H](c4cc(CO)cc(NC[C@H](C)O)c4)C#C[C@H]4CC(=O)Oc5c4cc(c(O)c5CC)C[C@H]1OC3=O)C2. The van der Waals surface area contributed by atoms with Crippen molar-refractivity contribution in [3.63, 3.8) is 0 Å². The van der Waals surface area contributed by atoms with E-state index in [1.807, 2.05) is 38.1 Å². The monoisotopic (exact) mass is 803 g/mol. The van der Waals surface area contributed by atoms with Crippen molar-refractivity contribution in [2.24, 2.45) is 11.8 Å². The third-order valence-electron chi connectivity index (χ3n) is 12.7. The summed E-state index contributed by atoms with van der Waals surface area (Å²) in [5.41, 5.74) is 4.53. The lowest BCUT2D eigenvalue weighted by atomic mass is 9.66. The molecular formula is C49H57NO9. The van der Waals surface area contributed by atoms with Crippen molar-refractivity contribution in [3.05, 3.63) is 99.1 Å². The van der Waals surface area contributed by atoms with Gasteiger partial charge in [-0.1, -0.05) is 68.5 Å². The number of phenols is 1. The van der Waals surface area contributed by atoms with Gasteiger partial charge in [0.1, 0.15) is 29.0 Å². The van der Waals surface area contributed by atoms with E-state index < -0.39 is 41.6 Å². The van der Waals surface area contributed by atoms with Crippen LogP contribution >= 0.6 is 0 Å². The zero-order valence-corrected chi connectivity index (χ0v) is 34.4. The van der Waals surface area contributed by atoms with E-state index in [4.69, 9.17) is 9.47 Å². The summed E-state index contributed by atoms with van der Waals surface area (Å²) >= 11 is 0. The van der Waals surface area contributed by atoms with Crippen LogP contribution in [0.3, 0.4) is 0 Å². The highest BCUT2D eigenvalue weighted by atomic mass is 16.6. The summed E-state index contributed by atoms with van der Waals surface area (Å²) in [6.45, 7) is 5.55. The van der Waals surface area contributed by atoms with Gasteiger partial charge in [0, 0.05) is 53.6 Å². The Bertz CT molecular complexity index is 2180. The molecule has 0 unspecified atom stereocenters. The first-order valence-electron chi connectivity index (χ1n) is 21.4. The fourth-order valence-corrected chi connectivity index (χ4v) is 9.65. The average molecular weight is 804 g/mol. The molecule has 0 radical (unpaired) electrons. The summed E-state index contributed by atoms with van der Waals surface area (Å²) < 4.78 is 12.4. The van der Waals surface area contributed by atoms with E-state index >= 15 is 0 Å². The van der Waals surface area contributed by atoms with Crippen LogP contribution in [0.5, 0.6) is 11.5 Å². The van der Waals surface area contributed by atoms with Gasteiger partial charge in [0.05, 0.1) is 25.0 Å². The molecule has 59 heavy (non-hydrogen) atoms. The lowest BCUT2D eigenvalue weighted by molar-refractivity contribution is -0.176. The lowest BCUT2D eigenvalue weighted by Crippen LogP contribution is -2.54. The number of fused-ring (bicyclic) bond motifs is 8. The number of benzene rings is 3. The molecule has 8 bridgehead atoms. The van der Waals surface area contributed by atoms with Gasteiger partial charge < -0.3 is 35.2 Å². The molecule has 0 amide bonds. The fourth-order valence-electron chi connectivity index (χ4n) is 9.65. The van der Waals surface area contributed by atoms with Gasteiger partial charge in [-0.25, -0.2) is 4.79 Å². The molecule has 3 aliphatic heterocycles. The summed E-state index contributed by atoms with van der Waals surface area (Å²) in [5, 5.41) is 48.7. The second kappa shape index (κ2) is 18.1. The minimum Gasteiger partial charge on any atom is -0.507 e. The van der Waals surface area contributed by atoms with E-state index in [9.17, 15) is 34.8 Å². The number of carbonyl (C=O) groups is 3. The maximum Gasteiger partial charge on any atom is 0.334 e. The molecule has 1 saturated carbocycles. The van der Waals surface area contributed by atoms with E-state index in [2.05, 4.69) is 35.4 Å². The number of aromatic hydroxyl groups is 1. The molecule has 0 spiro atoms. The Labute approximate surface area is 347 Å². The van der Waals surface area contributed by atoms with Crippen molar-refractivity contribution < 1.29 is 44.3 Å². The van der Waals surface area contributed by atoms with Gasteiger partial charge in [-0.2, -0.15) is 0 Å². The summed E-state index contributed by atoms with van der Waals surface area (Å²) in [5.74, 6) is 4.28. The fraction of sp³-hybridized carbons (Fsp3) is 0.490. The van der Waals surface area contributed by atoms with Crippen LogP contribution in [0.15, 0.2) is 60.2 Å². The molecular weight excluding hydrogens is 747 g/mol. The van der Waals surface area contributed by atoms with Gasteiger partial charge >= 0.3 is 11.9 Å². The van der Waals surface area contributed by atoms with Crippen LogP contribution in [0.2, 0.25) is 0 Å². The van der Waals surface area contributed by atoms with Crippen molar-refractivity contribution in [1.82, 2.24) is 0 Å². The maximum atomic E-state index is 14.9. The highest BCUT2D eigenvalue weighted by molar-refractivity contribution is 5.89. The number of ether oxygens (including phenoxy) is 2. The Morgan fingerprint density at radius 3 is 2.53 bits per heavy atom. The smallest absolute Gasteiger partial charge is 0.334 e. The first-order valence-corrected chi connectivity index (χ1v) is 21.4. The van der Waals surface area contributed by atoms with Gasteiger partial charge in [-0.15, -0.1) is 0 Å². The number of hydrogen-bond acceptors (Lipinski definition) is 10. The molecule has 3 heterocycles. The quantitative estimate of drug-likeness (QED) is 0.0920. The number of rotatable bonds is 8. The van der Waals surface area contributed by atoms with E-state index in [1.54, 1.807) is 19.1 Å². The number of aliphatic hydroxyl groups is 3. The molecule has 7 atom stereocenters. The first kappa shape index (κ1) is 42.2. The minimum absolute atomic E-state index is 0.00803.